The Morgan fingerprint density at radius 3 is 2.73 bits per heavy atom. The molecule has 1 aliphatic carbocycles. The fourth-order valence-electron chi connectivity index (χ4n) is 2.78. The first-order valence-corrected chi connectivity index (χ1v) is 8.42. The molecule has 118 valence electrons. The summed E-state index contributed by atoms with van der Waals surface area (Å²) in [6.45, 7) is 1.05. The zero-order valence-corrected chi connectivity index (χ0v) is 13.8. The first-order chi connectivity index (χ1) is 10.5. The predicted molar refractivity (Wildman–Crippen MR) is 85.6 cm³/mol. The number of nitrogens with zero attached hydrogens (tertiary/aromatic N) is 1. The molecule has 1 aromatic carbocycles. The molecule has 1 saturated heterocycles. The standard InChI is InChI=1S/C16H19BrN2O3/c17-11-3-6-13(14(20)8-11)16(22)19-7-1-2-10(9-19)15(21)18-12-4-5-12/h3,6,8,10,12,20H,1-2,4-5,7,9H2,(H,18,21). The largest absolute Gasteiger partial charge is 0.507 e. The lowest BCUT2D eigenvalue weighted by atomic mass is 9.96. The molecule has 0 radical (unpaired) electrons. The van der Waals surface area contributed by atoms with E-state index in [4.69, 9.17) is 0 Å². The number of halogens is 1. The molecule has 1 unspecified atom stereocenters. The van der Waals surface area contributed by atoms with Crippen molar-refractivity contribution < 1.29 is 14.7 Å². The molecular formula is C16H19BrN2O3. The molecule has 1 aromatic rings. The van der Waals surface area contributed by atoms with E-state index in [0.29, 0.717) is 19.1 Å². The Kier molecular flexibility index (Phi) is 4.38. The Hall–Kier alpha value is -1.56. The van der Waals surface area contributed by atoms with E-state index in [1.165, 1.54) is 6.07 Å². The third kappa shape index (κ3) is 3.43. The van der Waals surface area contributed by atoms with Gasteiger partial charge in [0.05, 0.1) is 11.5 Å². The van der Waals surface area contributed by atoms with Crippen LogP contribution in [0.25, 0.3) is 0 Å². The summed E-state index contributed by atoms with van der Waals surface area (Å²) >= 11 is 3.26. The molecule has 1 saturated carbocycles. The molecule has 2 N–H and O–H groups in total. The molecule has 0 bridgehead atoms. The molecule has 2 fully saturated rings. The van der Waals surface area contributed by atoms with Crippen molar-refractivity contribution in [3.8, 4) is 5.75 Å². The van der Waals surface area contributed by atoms with Crippen LogP contribution >= 0.6 is 15.9 Å². The monoisotopic (exact) mass is 366 g/mol. The summed E-state index contributed by atoms with van der Waals surface area (Å²) in [5, 5.41) is 12.9. The SMILES string of the molecule is O=C(NC1CC1)C1CCCN(C(=O)c2ccc(Br)cc2O)C1. The van der Waals surface area contributed by atoms with E-state index in [1.54, 1.807) is 17.0 Å². The summed E-state index contributed by atoms with van der Waals surface area (Å²) in [6.07, 6.45) is 3.75. The third-order valence-corrected chi connectivity index (χ3v) is 4.69. The van der Waals surface area contributed by atoms with Crippen LogP contribution in [0.4, 0.5) is 0 Å². The van der Waals surface area contributed by atoms with Crippen LogP contribution in [0.2, 0.25) is 0 Å². The second-order valence-corrected chi connectivity index (χ2v) is 6.95. The van der Waals surface area contributed by atoms with Gasteiger partial charge in [-0.05, 0) is 43.9 Å². The molecule has 6 heteroatoms. The molecule has 0 spiro atoms. The third-order valence-electron chi connectivity index (χ3n) is 4.19. The first-order valence-electron chi connectivity index (χ1n) is 7.63. The Labute approximate surface area is 137 Å². The van der Waals surface area contributed by atoms with E-state index in [-0.39, 0.29) is 29.0 Å². The van der Waals surface area contributed by atoms with Gasteiger partial charge >= 0.3 is 0 Å². The van der Waals surface area contributed by atoms with Gasteiger partial charge in [0, 0.05) is 23.6 Å². The molecule has 2 amide bonds. The number of nitrogens with one attached hydrogen (secondary N) is 1. The van der Waals surface area contributed by atoms with Crippen LogP contribution < -0.4 is 5.32 Å². The normalized spacial score (nSPS) is 21.5. The van der Waals surface area contributed by atoms with Crippen molar-refractivity contribution in [2.24, 2.45) is 5.92 Å². The maximum Gasteiger partial charge on any atom is 0.257 e. The second kappa shape index (κ2) is 6.28. The molecule has 3 rings (SSSR count). The molecule has 1 aliphatic heterocycles. The number of likely N-dealkylation sites (tertiary alicyclic amines) is 1. The van der Waals surface area contributed by atoms with Gasteiger partial charge in [0.2, 0.25) is 5.91 Å². The molecule has 5 nitrogen and oxygen atoms in total. The second-order valence-electron chi connectivity index (χ2n) is 6.03. The summed E-state index contributed by atoms with van der Waals surface area (Å²) in [4.78, 5) is 26.4. The number of phenolic OH excluding ortho intramolecular Hbond substituents is 1. The summed E-state index contributed by atoms with van der Waals surface area (Å²) in [5.41, 5.74) is 0.284. The Balaban J connectivity index is 1.67. The summed E-state index contributed by atoms with van der Waals surface area (Å²) in [6, 6.07) is 5.19. The van der Waals surface area contributed by atoms with Gasteiger partial charge in [-0.15, -0.1) is 0 Å². The van der Waals surface area contributed by atoms with Crippen molar-refractivity contribution in [2.75, 3.05) is 13.1 Å². The number of amides is 2. The Morgan fingerprint density at radius 1 is 1.27 bits per heavy atom. The average molecular weight is 367 g/mol. The van der Waals surface area contributed by atoms with Crippen LogP contribution in [0, 0.1) is 5.92 Å². The van der Waals surface area contributed by atoms with E-state index in [1.807, 2.05) is 0 Å². The van der Waals surface area contributed by atoms with Gasteiger partial charge in [-0.25, -0.2) is 0 Å². The summed E-state index contributed by atoms with van der Waals surface area (Å²) in [7, 11) is 0. The zero-order valence-electron chi connectivity index (χ0n) is 12.2. The van der Waals surface area contributed by atoms with Gasteiger partial charge in [-0.3, -0.25) is 9.59 Å². The number of carbonyl (C=O) groups excluding carboxylic acids is 2. The quantitative estimate of drug-likeness (QED) is 0.861. The molecule has 2 aliphatic rings. The minimum Gasteiger partial charge on any atom is -0.507 e. The molecule has 0 aromatic heterocycles. The predicted octanol–water partition coefficient (Wildman–Crippen LogP) is 2.29. The van der Waals surface area contributed by atoms with Crippen LogP contribution in [0.5, 0.6) is 5.75 Å². The first kappa shape index (κ1) is 15.3. The van der Waals surface area contributed by atoms with Gasteiger partial charge in [0.25, 0.3) is 5.91 Å². The highest BCUT2D eigenvalue weighted by atomic mass is 79.9. The van der Waals surface area contributed by atoms with Gasteiger partial charge in [0.1, 0.15) is 5.75 Å². The lowest BCUT2D eigenvalue weighted by Gasteiger charge is -2.32. The zero-order chi connectivity index (χ0) is 15.7. The fraction of sp³-hybridized carbons (Fsp3) is 0.500. The maximum absolute atomic E-state index is 12.6. The summed E-state index contributed by atoms with van der Waals surface area (Å²) in [5.74, 6) is -0.339. The maximum atomic E-state index is 12.6. The van der Waals surface area contributed by atoms with Gasteiger partial charge in [0.15, 0.2) is 0 Å². The van der Waals surface area contributed by atoms with Gasteiger partial charge in [-0.1, -0.05) is 15.9 Å². The van der Waals surface area contributed by atoms with E-state index in [0.717, 1.165) is 30.2 Å². The van der Waals surface area contributed by atoms with Crippen LogP contribution in [-0.2, 0) is 4.79 Å². The van der Waals surface area contributed by atoms with Crippen molar-refractivity contribution in [3.05, 3.63) is 28.2 Å². The number of rotatable bonds is 3. The number of hydrogen-bond acceptors (Lipinski definition) is 3. The highest BCUT2D eigenvalue weighted by molar-refractivity contribution is 9.10. The highest BCUT2D eigenvalue weighted by Crippen LogP contribution is 2.26. The van der Waals surface area contributed by atoms with E-state index in [2.05, 4.69) is 21.2 Å². The average Bonchev–Trinajstić information content (AvgIpc) is 3.31. The van der Waals surface area contributed by atoms with Gasteiger partial charge in [-0.2, -0.15) is 0 Å². The van der Waals surface area contributed by atoms with Gasteiger partial charge < -0.3 is 15.3 Å². The Bertz CT molecular complexity index is 601. The molecule has 22 heavy (non-hydrogen) atoms. The van der Waals surface area contributed by atoms with Crippen molar-refractivity contribution in [2.45, 2.75) is 31.7 Å². The topological polar surface area (TPSA) is 69.6 Å². The van der Waals surface area contributed by atoms with Crippen LogP contribution in [0.15, 0.2) is 22.7 Å². The minimum absolute atomic E-state index is 0.0380. The van der Waals surface area contributed by atoms with Crippen molar-refractivity contribution >= 4 is 27.7 Å². The lowest BCUT2D eigenvalue weighted by Crippen LogP contribution is -2.45. The number of carbonyl (C=O) groups is 2. The number of benzene rings is 1. The van der Waals surface area contributed by atoms with E-state index >= 15 is 0 Å². The van der Waals surface area contributed by atoms with Crippen molar-refractivity contribution in [1.29, 1.82) is 0 Å². The smallest absolute Gasteiger partial charge is 0.257 e. The van der Waals surface area contributed by atoms with Crippen LogP contribution in [0.3, 0.4) is 0 Å². The summed E-state index contributed by atoms with van der Waals surface area (Å²) < 4.78 is 0.724. The fourth-order valence-corrected chi connectivity index (χ4v) is 3.13. The van der Waals surface area contributed by atoms with Crippen LogP contribution in [-0.4, -0.2) is 41.0 Å². The number of phenols is 1. The van der Waals surface area contributed by atoms with Crippen molar-refractivity contribution in [1.82, 2.24) is 10.2 Å². The molecular weight excluding hydrogens is 348 g/mol. The molecule has 1 atom stereocenters. The number of aromatic hydroxyl groups is 1. The highest BCUT2D eigenvalue weighted by Gasteiger charge is 2.32. The number of piperidine rings is 1. The van der Waals surface area contributed by atoms with Crippen LogP contribution in [0.1, 0.15) is 36.0 Å². The molecule has 1 heterocycles. The van der Waals surface area contributed by atoms with E-state index in [9.17, 15) is 14.7 Å². The number of hydrogen-bond donors (Lipinski definition) is 2. The lowest BCUT2D eigenvalue weighted by molar-refractivity contribution is -0.126. The van der Waals surface area contributed by atoms with E-state index < -0.39 is 0 Å². The minimum atomic E-state index is -0.214. The Morgan fingerprint density at radius 2 is 2.05 bits per heavy atom. The van der Waals surface area contributed by atoms with Crippen molar-refractivity contribution in [3.63, 3.8) is 0 Å².